The Morgan fingerprint density at radius 3 is 1.11 bits per heavy atom. The summed E-state index contributed by atoms with van der Waals surface area (Å²) in [5.41, 5.74) is 4.91. The van der Waals surface area contributed by atoms with E-state index in [1.165, 1.54) is 0 Å². The van der Waals surface area contributed by atoms with Gasteiger partial charge in [-0.05, 0) is 85.0 Å². The van der Waals surface area contributed by atoms with Gasteiger partial charge in [-0.2, -0.15) is 0 Å². The highest BCUT2D eigenvalue weighted by Gasteiger charge is 2.21. The average molecular weight is 524 g/mol. The summed E-state index contributed by atoms with van der Waals surface area (Å²) in [6.45, 7) is 14.1. The Hall–Kier alpha value is -1.67. The number of hydrogen-bond acceptors (Lipinski definition) is 6. The van der Waals surface area contributed by atoms with Gasteiger partial charge in [-0.1, -0.05) is 89.8 Å². The van der Waals surface area contributed by atoms with Gasteiger partial charge < -0.3 is 20.1 Å². The highest BCUT2D eigenvalue weighted by atomic mass is 16.4. The van der Waals surface area contributed by atoms with Crippen LogP contribution in [0.4, 0.5) is 0 Å². The van der Waals surface area contributed by atoms with E-state index >= 15 is 0 Å². The molecule has 210 valence electrons. The zero-order valence-corrected chi connectivity index (χ0v) is 24.2. The van der Waals surface area contributed by atoms with Crippen LogP contribution >= 0.6 is 0 Å². The van der Waals surface area contributed by atoms with Crippen molar-refractivity contribution in [2.45, 2.75) is 92.2 Å². The SMILES string of the molecule is CCCCN(CCCC)Cc1cc(-c2ccc(B(O)O)c(CN(CCCC)CCCC)c2)ccc1B(O)O. The monoisotopic (exact) mass is 524 g/mol. The maximum absolute atomic E-state index is 10.1. The van der Waals surface area contributed by atoms with Crippen LogP contribution < -0.4 is 10.9 Å². The van der Waals surface area contributed by atoms with Crippen molar-refractivity contribution in [2.24, 2.45) is 0 Å². The number of unbranched alkanes of at least 4 members (excludes halogenated alkanes) is 4. The molecule has 0 unspecified atom stereocenters. The summed E-state index contributed by atoms with van der Waals surface area (Å²) in [5, 5.41) is 40.4. The van der Waals surface area contributed by atoms with E-state index in [1.807, 2.05) is 24.3 Å². The van der Waals surface area contributed by atoms with E-state index in [0.717, 1.165) is 99.8 Å². The minimum atomic E-state index is -1.52. The van der Waals surface area contributed by atoms with Crippen LogP contribution in [0.2, 0.25) is 0 Å². The highest BCUT2D eigenvalue weighted by molar-refractivity contribution is 6.59. The van der Waals surface area contributed by atoms with E-state index < -0.39 is 14.2 Å². The molecule has 2 rings (SSSR count). The largest absolute Gasteiger partial charge is 0.488 e. The average Bonchev–Trinajstić information content (AvgIpc) is 2.91. The molecule has 0 heterocycles. The maximum atomic E-state index is 10.1. The van der Waals surface area contributed by atoms with E-state index in [4.69, 9.17) is 0 Å². The minimum Gasteiger partial charge on any atom is -0.423 e. The fraction of sp³-hybridized carbons (Fsp3) is 0.600. The Morgan fingerprint density at radius 1 is 0.526 bits per heavy atom. The Bertz CT molecular complexity index is 851. The summed E-state index contributed by atoms with van der Waals surface area (Å²) >= 11 is 0. The Kier molecular flexibility index (Phi) is 15.3. The molecule has 8 heteroatoms. The summed E-state index contributed by atoms with van der Waals surface area (Å²) in [7, 11) is -3.04. The van der Waals surface area contributed by atoms with Gasteiger partial charge >= 0.3 is 14.2 Å². The molecule has 0 amide bonds. The molecule has 0 aliphatic rings. The van der Waals surface area contributed by atoms with Crippen molar-refractivity contribution in [2.75, 3.05) is 26.2 Å². The highest BCUT2D eigenvalue weighted by Crippen LogP contribution is 2.23. The summed E-state index contributed by atoms with van der Waals surface area (Å²) in [4.78, 5) is 4.82. The van der Waals surface area contributed by atoms with Crippen molar-refractivity contribution < 1.29 is 20.1 Å². The Labute approximate surface area is 232 Å². The molecule has 0 saturated heterocycles. The standard InChI is InChI=1S/C30H50B2N2O4/c1-5-9-17-33(18-10-6-2)23-27-21-25(13-15-29(27)31(35)36)26-14-16-30(32(37)38)28(22-26)24-34(19-11-7-3)20-12-8-4/h13-16,21-22,35-38H,5-12,17-20,23-24H2,1-4H3. The van der Waals surface area contributed by atoms with Crippen molar-refractivity contribution in [3.05, 3.63) is 47.5 Å². The van der Waals surface area contributed by atoms with Gasteiger partial charge in [0.2, 0.25) is 0 Å². The van der Waals surface area contributed by atoms with Crippen molar-refractivity contribution in [1.82, 2.24) is 9.80 Å². The molecule has 0 aromatic heterocycles. The van der Waals surface area contributed by atoms with Crippen LogP contribution in [0.15, 0.2) is 36.4 Å². The predicted octanol–water partition coefficient (Wildman–Crippen LogP) is 3.52. The van der Waals surface area contributed by atoms with Crippen molar-refractivity contribution >= 4 is 25.2 Å². The maximum Gasteiger partial charge on any atom is 0.488 e. The van der Waals surface area contributed by atoms with Crippen molar-refractivity contribution in [1.29, 1.82) is 0 Å². The summed E-state index contributed by atoms with van der Waals surface area (Å²) in [6, 6.07) is 11.6. The second-order valence-electron chi connectivity index (χ2n) is 10.5. The van der Waals surface area contributed by atoms with E-state index in [9.17, 15) is 20.1 Å². The molecule has 6 nitrogen and oxygen atoms in total. The van der Waals surface area contributed by atoms with Gasteiger partial charge in [-0.3, -0.25) is 9.80 Å². The predicted molar refractivity (Wildman–Crippen MR) is 162 cm³/mol. The summed E-state index contributed by atoms with van der Waals surface area (Å²) < 4.78 is 0. The molecule has 38 heavy (non-hydrogen) atoms. The molecule has 0 aliphatic heterocycles. The van der Waals surface area contributed by atoms with Crippen LogP contribution in [0.1, 0.15) is 90.2 Å². The molecular weight excluding hydrogens is 474 g/mol. The molecule has 0 saturated carbocycles. The summed E-state index contributed by atoms with van der Waals surface area (Å²) in [5.74, 6) is 0. The lowest BCUT2D eigenvalue weighted by atomic mass is 9.74. The Balaban J connectivity index is 2.43. The molecule has 0 radical (unpaired) electrons. The molecule has 0 aliphatic carbocycles. The quantitative estimate of drug-likeness (QED) is 0.211. The first-order valence-corrected chi connectivity index (χ1v) is 14.8. The number of rotatable bonds is 19. The normalized spacial score (nSPS) is 11.5. The fourth-order valence-corrected chi connectivity index (χ4v) is 4.90. The molecule has 0 atom stereocenters. The van der Waals surface area contributed by atoms with Gasteiger partial charge in [0.1, 0.15) is 0 Å². The van der Waals surface area contributed by atoms with Gasteiger partial charge in [0, 0.05) is 13.1 Å². The summed E-state index contributed by atoms with van der Waals surface area (Å²) in [6.07, 6.45) is 8.94. The molecule has 0 spiro atoms. The number of hydrogen-bond donors (Lipinski definition) is 4. The lowest BCUT2D eigenvalue weighted by molar-refractivity contribution is 0.257. The number of benzene rings is 2. The van der Waals surface area contributed by atoms with Gasteiger partial charge in [-0.15, -0.1) is 0 Å². The van der Waals surface area contributed by atoms with Crippen LogP contribution in [-0.4, -0.2) is 70.3 Å². The van der Waals surface area contributed by atoms with Crippen LogP contribution in [0.3, 0.4) is 0 Å². The third-order valence-corrected chi connectivity index (χ3v) is 7.28. The van der Waals surface area contributed by atoms with E-state index in [0.29, 0.717) is 24.0 Å². The van der Waals surface area contributed by atoms with Crippen molar-refractivity contribution in [3.63, 3.8) is 0 Å². The first-order valence-electron chi connectivity index (χ1n) is 14.8. The first-order chi connectivity index (χ1) is 18.3. The van der Waals surface area contributed by atoms with E-state index in [2.05, 4.69) is 49.6 Å². The minimum absolute atomic E-state index is 0.541. The van der Waals surface area contributed by atoms with Crippen LogP contribution in [0, 0.1) is 0 Å². The van der Waals surface area contributed by atoms with Crippen LogP contribution in [-0.2, 0) is 13.1 Å². The van der Waals surface area contributed by atoms with Gasteiger partial charge in [0.25, 0.3) is 0 Å². The molecular formula is C30H50B2N2O4. The fourth-order valence-electron chi connectivity index (χ4n) is 4.90. The van der Waals surface area contributed by atoms with Crippen LogP contribution in [0.25, 0.3) is 11.1 Å². The molecule has 0 bridgehead atoms. The third-order valence-electron chi connectivity index (χ3n) is 7.28. The lowest BCUT2D eigenvalue weighted by Crippen LogP contribution is -2.37. The van der Waals surface area contributed by atoms with E-state index in [-0.39, 0.29) is 0 Å². The molecule has 4 N–H and O–H groups in total. The van der Waals surface area contributed by atoms with Gasteiger partial charge in [-0.25, -0.2) is 0 Å². The van der Waals surface area contributed by atoms with E-state index in [1.54, 1.807) is 0 Å². The van der Waals surface area contributed by atoms with Gasteiger partial charge in [0.15, 0.2) is 0 Å². The Morgan fingerprint density at radius 2 is 0.842 bits per heavy atom. The molecule has 0 fully saturated rings. The second-order valence-corrected chi connectivity index (χ2v) is 10.5. The third kappa shape index (κ3) is 10.5. The smallest absolute Gasteiger partial charge is 0.423 e. The molecule has 2 aromatic rings. The zero-order valence-electron chi connectivity index (χ0n) is 24.2. The number of nitrogens with zero attached hydrogens (tertiary/aromatic N) is 2. The second kappa shape index (κ2) is 17.8. The first kappa shape index (κ1) is 32.5. The van der Waals surface area contributed by atoms with Crippen molar-refractivity contribution in [3.8, 4) is 11.1 Å². The van der Waals surface area contributed by atoms with Gasteiger partial charge in [0.05, 0.1) is 0 Å². The zero-order chi connectivity index (χ0) is 27.9. The topological polar surface area (TPSA) is 87.4 Å². The van der Waals surface area contributed by atoms with Crippen LogP contribution in [0.5, 0.6) is 0 Å². The molecule has 2 aromatic carbocycles. The lowest BCUT2D eigenvalue weighted by Gasteiger charge is -2.25.